The van der Waals surface area contributed by atoms with E-state index in [9.17, 15) is 4.79 Å². The highest BCUT2D eigenvalue weighted by Gasteiger charge is 2.26. The van der Waals surface area contributed by atoms with Crippen LogP contribution in [-0.2, 0) is 4.79 Å². The van der Waals surface area contributed by atoms with Gasteiger partial charge >= 0.3 is 0 Å². The first-order valence-corrected chi connectivity index (χ1v) is 9.85. The van der Waals surface area contributed by atoms with Crippen LogP contribution in [0.4, 0.5) is 0 Å². The Morgan fingerprint density at radius 1 is 1.29 bits per heavy atom. The molecule has 0 heterocycles. The first-order chi connectivity index (χ1) is 11.5. The van der Waals surface area contributed by atoms with Crippen molar-refractivity contribution in [3.05, 3.63) is 0 Å². The van der Waals surface area contributed by atoms with Gasteiger partial charge in [0.2, 0.25) is 5.91 Å². The number of hydrogen-bond acceptors (Lipinski definition) is 4. The second kappa shape index (κ2) is 19.9. The highest BCUT2D eigenvalue weighted by Crippen LogP contribution is 2.19. The molecule has 0 spiro atoms. The van der Waals surface area contributed by atoms with E-state index in [1.807, 2.05) is 25.7 Å². The number of nitrogens with zero attached hydrogens (tertiary/aromatic N) is 2. The lowest BCUT2D eigenvalue weighted by Crippen LogP contribution is -2.46. The van der Waals surface area contributed by atoms with E-state index >= 15 is 0 Å². The molecule has 0 aliphatic heterocycles. The number of hydrogen-bond donors (Lipinski definition) is 1. The van der Waals surface area contributed by atoms with E-state index in [-0.39, 0.29) is 18.0 Å². The molecule has 4 nitrogen and oxygen atoms in total. The predicted molar refractivity (Wildman–Crippen MR) is 107 cm³/mol. The minimum Gasteiger partial charge on any atom is -0.339 e. The molecule has 24 heavy (non-hydrogen) atoms. The van der Waals surface area contributed by atoms with Crippen LogP contribution in [0.3, 0.4) is 0 Å². The zero-order valence-electron chi connectivity index (χ0n) is 16.4. The quantitative estimate of drug-likeness (QED) is 0.361. The van der Waals surface area contributed by atoms with Gasteiger partial charge in [0.25, 0.3) is 0 Å². The van der Waals surface area contributed by atoms with Gasteiger partial charge in [-0.2, -0.15) is 5.26 Å². The van der Waals surface area contributed by atoms with Crippen LogP contribution in [0.25, 0.3) is 0 Å². The number of rotatable bonds is 10. The molecule has 0 bridgehead atoms. The molecule has 2 unspecified atom stereocenters. The van der Waals surface area contributed by atoms with E-state index in [4.69, 9.17) is 11.0 Å². The Bertz CT molecular complexity index is 350. The average molecular weight is 356 g/mol. The van der Waals surface area contributed by atoms with Crippen molar-refractivity contribution in [2.45, 2.75) is 79.3 Å². The number of amides is 1. The van der Waals surface area contributed by atoms with Crippen LogP contribution in [0.2, 0.25) is 0 Å². The van der Waals surface area contributed by atoms with Crippen LogP contribution in [0.1, 0.15) is 67.2 Å². The smallest absolute Gasteiger partial charge is 0.222 e. The summed E-state index contributed by atoms with van der Waals surface area (Å²) in [4.78, 5) is 14.2. The average Bonchev–Trinajstić information content (AvgIpc) is 2.62. The van der Waals surface area contributed by atoms with Crippen molar-refractivity contribution in [3.63, 3.8) is 0 Å². The van der Waals surface area contributed by atoms with Gasteiger partial charge in [-0.15, -0.1) is 12.8 Å². The Balaban J connectivity index is -0.00000102. The molecule has 0 saturated carbocycles. The van der Waals surface area contributed by atoms with Crippen LogP contribution in [-0.4, -0.2) is 35.2 Å². The fourth-order valence-corrected chi connectivity index (χ4v) is 2.63. The summed E-state index contributed by atoms with van der Waals surface area (Å²) in [5, 5.41) is 10.6. The number of nitriles is 1. The van der Waals surface area contributed by atoms with E-state index in [1.165, 1.54) is 11.8 Å². The second-order valence-electron chi connectivity index (χ2n) is 5.45. The van der Waals surface area contributed by atoms with Gasteiger partial charge < -0.3 is 10.6 Å². The van der Waals surface area contributed by atoms with Crippen molar-refractivity contribution in [2.75, 3.05) is 12.3 Å². The van der Waals surface area contributed by atoms with Crippen LogP contribution >= 0.6 is 11.8 Å². The van der Waals surface area contributed by atoms with E-state index in [0.29, 0.717) is 12.3 Å². The molecule has 1 amide bonds. The van der Waals surface area contributed by atoms with Crippen LogP contribution in [0.5, 0.6) is 0 Å². The molecule has 0 aromatic heterocycles. The predicted octanol–water partition coefficient (Wildman–Crippen LogP) is 4.26. The maximum atomic E-state index is 12.2. The summed E-state index contributed by atoms with van der Waals surface area (Å²) in [7, 11) is 0. The molecular weight excluding hydrogens is 318 g/mol. The fraction of sp³-hybridized carbons (Fsp3) is 0.789. The third-order valence-corrected chi connectivity index (χ3v) is 4.19. The molecule has 0 saturated heterocycles. The van der Waals surface area contributed by atoms with Gasteiger partial charge in [-0.1, -0.05) is 41.5 Å². The highest BCUT2D eigenvalue weighted by molar-refractivity contribution is 8.03. The van der Waals surface area contributed by atoms with Crippen molar-refractivity contribution < 1.29 is 4.79 Å². The minimum atomic E-state index is 0.142. The molecule has 2 N–H and O–H groups in total. The summed E-state index contributed by atoms with van der Waals surface area (Å²) in [5.41, 5.74) is 6.08. The molecule has 0 radical (unpaired) electrons. The van der Waals surface area contributed by atoms with Crippen LogP contribution < -0.4 is 5.73 Å². The molecule has 0 aliphatic rings. The third-order valence-electron chi connectivity index (χ3n) is 3.57. The van der Waals surface area contributed by atoms with Gasteiger partial charge in [0.1, 0.15) is 5.40 Å². The summed E-state index contributed by atoms with van der Waals surface area (Å²) in [6, 6.07) is 0.340. The SMILES string of the molecule is C#C.CC.CCC(=O)N(CCCSC#N)C(CC(N)CC)C(C)C. The van der Waals surface area contributed by atoms with Gasteiger partial charge in [-0.25, -0.2) is 0 Å². The summed E-state index contributed by atoms with van der Waals surface area (Å²) in [5.74, 6) is 1.36. The third kappa shape index (κ3) is 13.3. The lowest BCUT2D eigenvalue weighted by molar-refractivity contribution is -0.134. The largest absolute Gasteiger partial charge is 0.339 e. The highest BCUT2D eigenvalue weighted by atomic mass is 32.2. The molecule has 0 rings (SSSR count). The first-order valence-electron chi connectivity index (χ1n) is 8.87. The number of carbonyl (C=O) groups is 1. The van der Waals surface area contributed by atoms with Gasteiger partial charge in [-0.3, -0.25) is 4.79 Å². The number of thiocyanates is 1. The lowest BCUT2D eigenvalue weighted by Gasteiger charge is -2.36. The monoisotopic (exact) mass is 355 g/mol. The Morgan fingerprint density at radius 3 is 2.21 bits per heavy atom. The topological polar surface area (TPSA) is 70.1 Å². The number of nitrogens with two attached hydrogens (primary N) is 1. The number of thioether (sulfide) groups is 1. The molecule has 140 valence electrons. The summed E-state index contributed by atoms with van der Waals surface area (Å²) >= 11 is 1.25. The van der Waals surface area contributed by atoms with E-state index in [2.05, 4.69) is 39.0 Å². The Hall–Kier alpha value is -1.17. The van der Waals surface area contributed by atoms with Gasteiger partial charge in [-0.05, 0) is 36.9 Å². The number of terminal acetylenes is 1. The minimum absolute atomic E-state index is 0.142. The zero-order chi connectivity index (χ0) is 19.5. The fourth-order valence-electron chi connectivity index (χ4n) is 2.27. The molecule has 2 atom stereocenters. The first kappa shape index (κ1) is 27.7. The summed E-state index contributed by atoms with van der Waals surface area (Å²) < 4.78 is 0. The van der Waals surface area contributed by atoms with E-state index in [1.54, 1.807) is 0 Å². The molecular formula is C19H37N3OS. The normalized spacial score (nSPS) is 11.9. The van der Waals surface area contributed by atoms with Crippen LogP contribution in [0.15, 0.2) is 0 Å². The lowest BCUT2D eigenvalue weighted by atomic mass is 9.94. The zero-order valence-corrected chi connectivity index (χ0v) is 17.2. The maximum absolute atomic E-state index is 12.2. The van der Waals surface area contributed by atoms with Crippen molar-refractivity contribution in [2.24, 2.45) is 11.7 Å². The second-order valence-corrected chi connectivity index (χ2v) is 6.33. The van der Waals surface area contributed by atoms with Gasteiger partial charge in [0, 0.05) is 30.8 Å². The Labute approximate surface area is 154 Å². The maximum Gasteiger partial charge on any atom is 0.222 e. The molecule has 5 heteroatoms. The van der Waals surface area contributed by atoms with Crippen molar-refractivity contribution >= 4 is 17.7 Å². The molecule has 0 aromatic carbocycles. The number of carbonyl (C=O) groups excluding carboxylic acids is 1. The van der Waals surface area contributed by atoms with Crippen LogP contribution in [0, 0.1) is 29.4 Å². The van der Waals surface area contributed by atoms with E-state index in [0.717, 1.165) is 31.6 Å². The molecule has 0 fully saturated rings. The van der Waals surface area contributed by atoms with Crippen molar-refractivity contribution in [3.8, 4) is 18.2 Å². The molecule has 0 aliphatic carbocycles. The standard InChI is InChI=1S/C15H29N3OS.C2H6.C2H2/c1-5-13(17)10-14(12(3)4)18(15(19)6-2)8-7-9-20-11-16;2*1-2/h12-14H,5-10,17H2,1-4H3;1-2H3;1-2H. The van der Waals surface area contributed by atoms with Crippen molar-refractivity contribution in [1.82, 2.24) is 4.90 Å². The summed E-state index contributed by atoms with van der Waals surface area (Å²) in [6.45, 7) is 13.0. The Kier molecular flexibility index (Phi) is 22.9. The van der Waals surface area contributed by atoms with Gasteiger partial charge in [0.05, 0.1) is 0 Å². The Morgan fingerprint density at radius 2 is 1.83 bits per heavy atom. The van der Waals surface area contributed by atoms with Crippen molar-refractivity contribution in [1.29, 1.82) is 5.26 Å². The summed E-state index contributed by atoms with van der Waals surface area (Å²) in [6.07, 6.45) is 11.2. The molecule has 0 aromatic rings. The van der Waals surface area contributed by atoms with E-state index < -0.39 is 0 Å². The van der Waals surface area contributed by atoms with Gasteiger partial charge in [0.15, 0.2) is 0 Å².